The highest BCUT2D eigenvalue weighted by molar-refractivity contribution is 5.69. The molecule has 1 aromatic carbocycles. The summed E-state index contributed by atoms with van der Waals surface area (Å²) in [6.07, 6.45) is 5.52. The van der Waals surface area contributed by atoms with Crippen LogP contribution >= 0.6 is 0 Å². The fourth-order valence-electron chi connectivity index (χ4n) is 2.06. The van der Waals surface area contributed by atoms with Crippen LogP contribution in [0.15, 0.2) is 35.9 Å². The third-order valence-electron chi connectivity index (χ3n) is 3.31. The zero-order valence-corrected chi connectivity index (χ0v) is 12.8. The van der Waals surface area contributed by atoms with Crippen molar-refractivity contribution in [3.05, 3.63) is 47.0 Å². The number of rotatable bonds is 3. The number of ether oxygens (including phenoxy) is 2. The minimum Gasteiger partial charge on any atom is -0.469 e. The van der Waals surface area contributed by atoms with Gasteiger partial charge in [0.2, 0.25) is 0 Å². The Morgan fingerprint density at radius 3 is 2.29 bits per heavy atom. The average molecular weight is 290 g/mol. The summed E-state index contributed by atoms with van der Waals surface area (Å²) in [6, 6.07) is 8.48. The lowest BCUT2D eigenvalue weighted by Gasteiger charge is -2.16. The summed E-state index contributed by atoms with van der Waals surface area (Å²) < 4.78 is 8.76. The Labute approximate surface area is 125 Å². The Bertz CT molecular complexity index is 517. The largest absolute Gasteiger partial charge is 0.469 e. The minimum absolute atomic E-state index is 0.125. The summed E-state index contributed by atoms with van der Waals surface area (Å²) in [4.78, 5) is 20.6. The number of benzene rings is 1. The topological polar surface area (TPSA) is 52.6 Å². The number of hydrogen-bond donors (Lipinski definition) is 0. The first-order valence-corrected chi connectivity index (χ1v) is 6.93. The summed E-state index contributed by atoms with van der Waals surface area (Å²) in [7, 11) is 2.79. The van der Waals surface area contributed by atoms with Gasteiger partial charge in [-0.05, 0) is 30.4 Å². The van der Waals surface area contributed by atoms with Crippen LogP contribution in [0, 0.1) is 0 Å². The highest BCUT2D eigenvalue weighted by Gasteiger charge is 2.11. The molecule has 0 saturated carbocycles. The molecular weight excluding hydrogens is 268 g/mol. The van der Waals surface area contributed by atoms with Crippen molar-refractivity contribution in [1.82, 2.24) is 0 Å². The fraction of sp³-hybridized carbons (Fsp3) is 0.412. The number of allylic oxidation sites excluding steroid dienone is 2. The first kappa shape index (κ1) is 17.0. The molecule has 21 heavy (non-hydrogen) atoms. The Hall–Kier alpha value is -2.10. The van der Waals surface area contributed by atoms with Gasteiger partial charge in [0.15, 0.2) is 0 Å². The van der Waals surface area contributed by atoms with Gasteiger partial charge in [0.1, 0.15) is 0 Å². The lowest BCUT2D eigenvalue weighted by Crippen LogP contribution is -2.06. The van der Waals surface area contributed by atoms with Gasteiger partial charge in [-0.2, -0.15) is 0 Å². The van der Waals surface area contributed by atoms with Gasteiger partial charge in [-0.3, -0.25) is 9.59 Å². The van der Waals surface area contributed by atoms with E-state index < -0.39 is 0 Å². The summed E-state index contributed by atoms with van der Waals surface area (Å²) in [5.41, 5.74) is 4.15. The maximum atomic E-state index is 11.1. The molecule has 0 bridgehead atoms. The molecule has 0 unspecified atom stereocenters. The van der Waals surface area contributed by atoms with E-state index in [9.17, 15) is 9.59 Å². The van der Waals surface area contributed by atoms with Crippen LogP contribution in [0.4, 0.5) is 0 Å². The van der Waals surface area contributed by atoms with E-state index in [0.29, 0.717) is 6.42 Å². The molecular formula is C17H22O4. The van der Waals surface area contributed by atoms with Gasteiger partial charge >= 0.3 is 11.9 Å². The Morgan fingerprint density at radius 1 is 1.10 bits per heavy atom. The van der Waals surface area contributed by atoms with Crippen molar-refractivity contribution in [2.75, 3.05) is 14.2 Å². The molecule has 4 nitrogen and oxygen atoms in total. The van der Waals surface area contributed by atoms with Gasteiger partial charge in [-0.15, -0.1) is 0 Å². The Balaban J connectivity index is 0.000000383. The van der Waals surface area contributed by atoms with Gasteiger partial charge < -0.3 is 9.47 Å². The van der Waals surface area contributed by atoms with Crippen molar-refractivity contribution in [2.45, 2.75) is 32.6 Å². The predicted octanol–water partition coefficient (Wildman–Crippen LogP) is 2.84. The molecule has 1 aromatic rings. The quantitative estimate of drug-likeness (QED) is 0.634. The van der Waals surface area contributed by atoms with Crippen molar-refractivity contribution < 1.29 is 19.1 Å². The van der Waals surface area contributed by atoms with E-state index in [4.69, 9.17) is 0 Å². The number of carbonyl (C=O) groups excluding carboxylic acids is 2. The van der Waals surface area contributed by atoms with Crippen LogP contribution in [0.2, 0.25) is 0 Å². The van der Waals surface area contributed by atoms with E-state index in [1.165, 1.54) is 37.8 Å². The van der Waals surface area contributed by atoms with Crippen LogP contribution in [0.3, 0.4) is 0 Å². The molecule has 1 aliphatic carbocycles. The van der Waals surface area contributed by atoms with Gasteiger partial charge in [0.25, 0.3) is 0 Å². The maximum absolute atomic E-state index is 11.1. The van der Waals surface area contributed by atoms with E-state index >= 15 is 0 Å². The van der Waals surface area contributed by atoms with Crippen molar-refractivity contribution in [2.24, 2.45) is 0 Å². The van der Waals surface area contributed by atoms with Gasteiger partial charge in [0.05, 0.1) is 14.2 Å². The molecule has 2 rings (SSSR count). The van der Waals surface area contributed by atoms with Gasteiger partial charge in [-0.25, -0.2) is 0 Å². The highest BCUT2D eigenvalue weighted by atomic mass is 16.5. The smallest absolute Gasteiger partial charge is 0.305 e. The zero-order valence-electron chi connectivity index (χ0n) is 12.8. The number of fused-ring (bicyclic) bond motifs is 1. The summed E-state index contributed by atoms with van der Waals surface area (Å²) in [6.45, 7) is 1.36. The van der Waals surface area contributed by atoms with E-state index in [2.05, 4.69) is 39.8 Å². The SMILES string of the molecule is COC(=O)CCC1=CCc2ccccc2C1.COC(C)=O. The lowest BCUT2D eigenvalue weighted by atomic mass is 9.90. The number of hydrogen-bond acceptors (Lipinski definition) is 4. The second kappa shape index (κ2) is 8.95. The molecule has 0 spiro atoms. The van der Waals surface area contributed by atoms with Crippen LogP contribution in [0.25, 0.3) is 0 Å². The fourth-order valence-corrected chi connectivity index (χ4v) is 2.06. The molecule has 0 aromatic heterocycles. The Morgan fingerprint density at radius 2 is 1.71 bits per heavy atom. The van der Waals surface area contributed by atoms with E-state index in [0.717, 1.165) is 19.3 Å². The first-order chi connectivity index (χ1) is 10.1. The molecule has 0 heterocycles. The highest BCUT2D eigenvalue weighted by Crippen LogP contribution is 2.23. The standard InChI is InChI=1S/C14H16O2.C3H6O2/c1-16-14(15)9-7-11-6-8-12-4-2-3-5-13(12)10-11;1-3(4)5-2/h2-6H,7-10H2,1H3;1-2H3. The third kappa shape index (κ3) is 6.25. The van der Waals surface area contributed by atoms with Crippen LogP contribution in [-0.4, -0.2) is 26.2 Å². The zero-order chi connectivity index (χ0) is 15.7. The van der Waals surface area contributed by atoms with E-state index in [-0.39, 0.29) is 11.9 Å². The van der Waals surface area contributed by atoms with Crippen LogP contribution in [0.5, 0.6) is 0 Å². The monoisotopic (exact) mass is 290 g/mol. The summed E-state index contributed by atoms with van der Waals surface area (Å²) >= 11 is 0. The van der Waals surface area contributed by atoms with Gasteiger partial charge in [-0.1, -0.05) is 35.9 Å². The van der Waals surface area contributed by atoms with Crippen LogP contribution < -0.4 is 0 Å². The molecule has 4 heteroatoms. The molecule has 0 aliphatic heterocycles. The van der Waals surface area contributed by atoms with E-state index in [1.807, 2.05) is 0 Å². The molecule has 114 valence electrons. The normalized spacial score (nSPS) is 12.2. The number of carbonyl (C=O) groups is 2. The minimum atomic E-state index is -0.245. The Kier molecular flexibility index (Phi) is 7.23. The number of esters is 2. The number of methoxy groups -OCH3 is 2. The van der Waals surface area contributed by atoms with Crippen molar-refractivity contribution in [3.8, 4) is 0 Å². The van der Waals surface area contributed by atoms with E-state index in [1.54, 1.807) is 0 Å². The molecule has 0 N–H and O–H groups in total. The average Bonchev–Trinajstić information content (AvgIpc) is 2.52. The van der Waals surface area contributed by atoms with Crippen molar-refractivity contribution >= 4 is 11.9 Å². The van der Waals surface area contributed by atoms with Crippen molar-refractivity contribution in [1.29, 1.82) is 0 Å². The lowest BCUT2D eigenvalue weighted by molar-refractivity contribution is -0.140. The second-order valence-electron chi connectivity index (χ2n) is 4.78. The molecule has 0 radical (unpaired) electrons. The third-order valence-corrected chi connectivity index (χ3v) is 3.31. The summed E-state index contributed by atoms with van der Waals surface area (Å²) in [5, 5.41) is 0. The van der Waals surface area contributed by atoms with Crippen LogP contribution in [-0.2, 0) is 31.9 Å². The molecule has 0 fully saturated rings. The second-order valence-corrected chi connectivity index (χ2v) is 4.78. The predicted molar refractivity (Wildman–Crippen MR) is 80.9 cm³/mol. The maximum Gasteiger partial charge on any atom is 0.305 e. The summed E-state index contributed by atoms with van der Waals surface area (Å²) in [5.74, 6) is -0.371. The molecule has 0 atom stereocenters. The molecule has 0 amide bonds. The van der Waals surface area contributed by atoms with Gasteiger partial charge in [0, 0.05) is 13.3 Å². The first-order valence-electron chi connectivity index (χ1n) is 6.93. The molecule has 0 saturated heterocycles. The van der Waals surface area contributed by atoms with Crippen LogP contribution in [0.1, 0.15) is 30.9 Å². The molecule has 1 aliphatic rings. The van der Waals surface area contributed by atoms with Crippen molar-refractivity contribution in [3.63, 3.8) is 0 Å².